The number of carbonyl (C=O) groups excluding carboxylic acids is 2. The lowest BCUT2D eigenvalue weighted by Gasteiger charge is -2.21. The molecule has 0 amide bonds. The fraction of sp³-hybridized carbons (Fsp3) is 0.524. The van der Waals surface area contributed by atoms with E-state index in [4.69, 9.17) is 14.2 Å². The summed E-state index contributed by atoms with van der Waals surface area (Å²) in [5.74, 6) is 0.0740. The molecule has 1 aromatic carbocycles. The Kier molecular flexibility index (Phi) is 6.72. The summed E-state index contributed by atoms with van der Waals surface area (Å²) >= 11 is 0. The van der Waals surface area contributed by atoms with Crippen LogP contribution in [0.25, 0.3) is 10.9 Å². The van der Waals surface area contributed by atoms with Gasteiger partial charge in [-0.2, -0.15) is 0 Å². The van der Waals surface area contributed by atoms with Gasteiger partial charge < -0.3 is 19.5 Å². The fourth-order valence-electron chi connectivity index (χ4n) is 2.53. The quantitative estimate of drug-likeness (QED) is 0.598. The number of aromatic nitrogens is 1. The van der Waals surface area contributed by atoms with E-state index in [0.29, 0.717) is 17.9 Å². The summed E-state index contributed by atoms with van der Waals surface area (Å²) in [6.45, 7) is 11.7. The highest BCUT2D eigenvalue weighted by Crippen LogP contribution is 2.26. The zero-order valence-electron chi connectivity index (χ0n) is 17.5. The molecular weight excluding hydrogens is 360 g/mol. The normalized spacial score (nSPS) is 12.1. The minimum Gasteiger partial charge on any atom is -0.477 e. The maximum atomic E-state index is 12.7. The molecule has 0 aliphatic carbocycles. The first-order chi connectivity index (χ1) is 13.0. The lowest BCUT2D eigenvalue weighted by Crippen LogP contribution is -2.33. The molecule has 0 fully saturated rings. The van der Waals surface area contributed by atoms with Crippen molar-refractivity contribution in [2.75, 3.05) is 19.7 Å². The van der Waals surface area contributed by atoms with Gasteiger partial charge in [0.05, 0.1) is 12.1 Å². The van der Waals surface area contributed by atoms with Crippen molar-refractivity contribution in [3.8, 4) is 5.88 Å². The summed E-state index contributed by atoms with van der Waals surface area (Å²) in [5.41, 5.74) is -0.411. The molecule has 2 rings (SSSR count). The van der Waals surface area contributed by atoms with E-state index in [1.54, 1.807) is 6.07 Å². The molecule has 1 heterocycles. The highest BCUT2D eigenvalue weighted by molar-refractivity contribution is 5.92. The van der Waals surface area contributed by atoms with Crippen molar-refractivity contribution in [1.82, 2.24) is 9.88 Å². The first-order valence-corrected chi connectivity index (χ1v) is 9.35. The number of fused-ring (bicyclic) bond motifs is 1. The Bertz CT molecular complexity index is 827. The van der Waals surface area contributed by atoms with Gasteiger partial charge in [-0.1, -0.05) is 18.2 Å². The number of esters is 1. The van der Waals surface area contributed by atoms with E-state index in [9.17, 15) is 9.59 Å². The van der Waals surface area contributed by atoms with Gasteiger partial charge in [-0.25, -0.2) is 9.36 Å². The fourth-order valence-corrected chi connectivity index (χ4v) is 2.53. The molecule has 0 unspecified atom stereocenters. The molecule has 0 atom stereocenters. The number of benzene rings is 1. The molecule has 2 aromatic rings. The summed E-state index contributed by atoms with van der Waals surface area (Å²) in [4.78, 5) is 24.3. The third-order valence-corrected chi connectivity index (χ3v) is 3.47. The predicted octanol–water partition coefficient (Wildman–Crippen LogP) is 3.73. The van der Waals surface area contributed by atoms with Crippen LogP contribution in [0.4, 0.5) is 4.79 Å². The molecule has 0 aliphatic rings. The van der Waals surface area contributed by atoms with Crippen molar-refractivity contribution in [1.29, 1.82) is 0 Å². The molecule has 0 bridgehead atoms. The number of para-hydroxylation sites is 1. The lowest BCUT2D eigenvalue weighted by atomic mass is 10.2. The standard InChI is InChI=1S/C21H30N2O5/c1-20(2,3)27-18(24)14-22-11-12-26-17-13-15-9-7-8-10-16(15)23(17)19(25)28-21(4,5)6/h7-10,13,22H,11-12,14H2,1-6H3. The summed E-state index contributed by atoms with van der Waals surface area (Å²) in [6, 6.07) is 9.30. The van der Waals surface area contributed by atoms with Crippen LogP contribution in [0, 0.1) is 0 Å². The van der Waals surface area contributed by atoms with E-state index in [2.05, 4.69) is 5.32 Å². The molecule has 0 spiro atoms. The molecule has 7 nitrogen and oxygen atoms in total. The second-order valence-electron chi connectivity index (χ2n) is 8.47. The van der Waals surface area contributed by atoms with E-state index < -0.39 is 17.3 Å². The topological polar surface area (TPSA) is 78.8 Å². The number of nitrogens with one attached hydrogen (secondary N) is 1. The van der Waals surface area contributed by atoms with Gasteiger partial charge in [-0.3, -0.25) is 4.79 Å². The minimum absolute atomic E-state index is 0.0929. The van der Waals surface area contributed by atoms with Crippen LogP contribution in [0.2, 0.25) is 0 Å². The summed E-state index contributed by atoms with van der Waals surface area (Å²) in [5, 5.41) is 3.85. The van der Waals surface area contributed by atoms with E-state index in [1.165, 1.54) is 4.57 Å². The molecule has 154 valence electrons. The minimum atomic E-state index is -0.616. The van der Waals surface area contributed by atoms with Crippen LogP contribution in [-0.4, -0.2) is 47.5 Å². The highest BCUT2D eigenvalue weighted by Gasteiger charge is 2.23. The van der Waals surface area contributed by atoms with Crippen molar-refractivity contribution >= 4 is 23.0 Å². The zero-order valence-corrected chi connectivity index (χ0v) is 17.5. The van der Waals surface area contributed by atoms with Crippen molar-refractivity contribution in [3.63, 3.8) is 0 Å². The van der Waals surface area contributed by atoms with Gasteiger partial charge in [-0.05, 0) is 47.6 Å². The van der Waals surface area contributed by atoms with Crippen molar-refractivity contribution in [2.45, 2.75) is 52.7 Å². The average molecular weight is 390 g/mol. The monoisotopic (exact) mass is 390 g/mol. The molecule has 1 aromatic heterocycles. The number of hydrogen-bond acceptors (Lipinski definition) is 6. The van der Waals surface area contributed by atoms with Gasteiger partial charge in [0.2, 0.25) is 5.88 Å². The molecule has 0 aliphatic heterocycles. The van der Waals surface area contributed by atoms with Crippen LogP contribution >= 0.6 is 0 Å². The van der Waals surface area contributed by atoms with Gasteiger partial charge >= 0.3 is 12.1 Å². The SMILES string of the molecule is CC(C)(C)OC(=O)CNCCOc1cc2ccccc2n1C(=O)OC(C)(C)C. The van der Waals surface area contributed by atoms with Crippen LogP contribution in [-0.2, 0) is 14.3 Å². The van der Waals surface area contributed by atoms with E-state index >= 15 is 0 Å². The molecule has 7 heteroatoms. The summed E-state index contributed by atoms with van der Waals surface area (Å²) in [7, 11) is 0. The van der Waals surface area contributed by atoms with Gasteiger partial charge in [0.25, 0.3) is 0 Å². The largest absolute Gasteiger partial charge is 0.477 e. The zero-order chi connectivity index (χ0) is 20.9. The Balaban J connectivity index is 1.99. The number of nitrogens with zero attached hydrogens (tertiary/aromatic N) is 1. The Labute approximate surface area is 165 Å². The molecule has 0 saturated heterocycles. The van der Waals surface area contributed by atoms with E-state index in [1.807, 2.05) is 65.8 Å². The van der Waals surface area contributed by atoms with E-state index in [0.717, 1.165) is 5.39 Å². The average Bonchev–Trinajstić information content (AvgIpc) is 2.89. The molecule has 28 heavy (non-hydrogen) atoms. The Morgan fingerprint density at radius 3 is 2.29 bits per heavy atom. The second-order valence-corrected chi connectivity index (χ2v) is 8.47. The summed E-state index contributed by atoms with van der Waals surface area (Å²) in [6.07, 6.45) is -0.495. The maximum absolute atomic E-state index is 12.7. The number of carbonyl (C=O) groups is 2. The van der Waals surface area contributed by atoms with Crippen LogP contribution in [0.1, 0.15) is 41.5 Å². The van der Waals surface area contributed by atoms with Gasteiger partial charge in [0, 0.05) is 18.0 Å². The molecular formula is C21H30N2O5. The van der Waals surface area contributed by atoms with Crippen LogP contribution in [0.5, 0.6) is 5.88 Å². The summed E-state index contributed by atoms with van der Waals surface area (Å²) < 4.78 is 17.9. The third kappa shape index (κ3) is 6.56. The second kappa shape index (κ2) is 8.65. The van der Waals surface area contributed by atoms with Gasteiger partial charge in [0.1, 0.15) is 17.8 Å². The van der Waals surface area contributed by atoms with Gasteiger partial charge in [0.15, 0.2) is 0 Å². The Morgan fingerprint density at radius 2 is 1.64 bits per heavy atom. The lowest BCUT2D eigenvalue weighted by molar-refractivity contribution is -0.153. The van der Waals surface area contributed by atoms with Crippen molar-refractivity contribution in [2.24, 2.45) is 0 Å². The Hall–Kier alpha value is -2.54. The van der Waals surface area contributed by atoms with E-state index in [-0.39, 0.29) is 19.1 Å². The predicted molar refractivity (Wildman–Crippen MR) is 108 cm³/mol. The van der Waals surface area contributed by atoms with Crippen LogP contribution in [0.15, 0.2) is 30.3 Å². The molecule has 0 saturated carbocycles. The number of hydrogen-bond donors (Lipinski definition) is 1. The molecule has 0 radical (unpaired) electrons. The first kappa shape index (κ1) is 21.8. The molecule has 1 N–H and O–H groups in total. The van der Waals surface area contributed by atoms with Gasteiger partial charge in [-0.15, -0.1) is 0 Å². The number of ether oxygens (including phenoxy) is 3. The highest BCUT2D eigenvalue weighted by atomic mass is 16.6. The van der Waals surface area contributed by atoms with Crippen molar-refractivity contribution in [3.05, 3.63) is 30.3 Å². The maximum Gasteiger partial charge on any atom is 0.421 e. The number of rotatable bonds is 6. The third-order valence-electron chi connectivity index (χ3n) is 3.47. The van der Waals surface area contributed by atoms with Crippen molar-refractivity contribution < 1.29 is 23.8 Å². The Morgan fingerprint density at radius 1 is 1.00 bits per heavy atom. The first-order valence-electron chi connectivity index (χ1n) is 9.35. The van der Waals surface area contributed by atoms with Crippen LogP contribution < -0.4 is 10.1 Å². The smallest absolute Gasteiger partial charge is 0.421 e. The van der Waals surface area contributed by atoms with Crippen LogP contribution in [0.3, 0.4) is 0 Å².